The van der Waals surface area contributed by atoms with E-state index in [9.17, 15) is 14.4 Å². The molecule has 0 saturated carbocycles. The van der Waals surface area contributed by atoms with Crippen LogP contribution in [0.5, 0.6) is 0 Å². The minimum atomic E-state index is -0.679. The molecule has 3 rings (SSSR count). The van der Waals surface area contributed by atoms with E-state index in [2.05, 4.69) is 10.5 Å². The molecule has 3 aromatic rings. The van der Waals surface area contributed by atoms with E-state index in [-0.39, 0.29) is 17.3 Å². The van der Waals surface area contributed by atoms with Gasteiger partial charge in [-0.3, -0.25) is 9.59 Å². The summed E-state index contributed by atoms with van der Waals surface area (Å²) in [6.07, 6.45) is 0. The molecule has 1 heterocycles. The van der Waals surface area contributed by atoms with E-state index in [0.29, 0.717) is 28.3 Å². The summed E-state index contributed by atoms with van der Waals surface area (Å²) in [4.78, 5) is 37.5. The van der Waals surface area contributed by atoms with Gasteiger partial charge in [0.05, 0.1) is 11.4 Å². The molecule has 1 amide bonds. The lowest BCUT2D eigenvalue weighted by molar-refractivity contribution is -0.119. The number of ketones is 1. The highest BCUT2D eigenvalue weighted by Gasteiger charge is 2.24. The van der Waals surface area contributed by atoms with Gasteiger partial charge in [-0.25, -0.2) is 4.79 Å². The number of carbonyl (C=O) groups excluding carboxylic acids is 3. The van der Waals surface area contributed by atoms with E-state index < -0.39 is 18.5 Å². The number of benzene rings is 2. The molecule has 1 aromatic heterocycles. The van der Waals surface area contributed by atoms with Crippen molar-refractivity contribution in [3.8, 4) is 0 Å². The number of aryl methyl sites for hydroxylation is 1. The van der Waals surface area contributed by atoms with Crippen molar-refractivity contribution in [1.29, 1.82) is 0 Å². The van der Waals surface area contributed by atoms with Crippen LogP contribution in [0, 0.1) is 6.92 Å². The molecule has 1 N–H and O–H groups in total. The molecule has 7 heteroatoms. The van der Waals surface area contributed by atoms with Crippen LogP contribution in [-0.2, 0) is 9.53 Å². The predicted octanol–water partition coefficient (Wildman–Crippen LogP) is 4.13. The largest absolute Gasteiger partial charge is 0.452 e. The fourth-order valence-corrected chi connectivity index (χ4v) is 2.95. The molecule has 0 atom stereocenters. The molecule has 0 aliphatic carbocycles. The number of esters is 1. The second-order valence-corrected chi connectivity index (χ2v) is 7.03. The molecule has 0 unspecified atom stereocenters. The average molecular weight is 406 g/mol. The number of carbonyl (C=O) groups is 3. The van der Waals surface area contributed by atoms with E-state index in [4.69, 9.17) is 9.26 Å². The van der Waals surface area contributed by atoms with Gasteiger partial charge in [0.2, 0.25) is 0 Å². The first-order valence-corrected chi connectivity index (χ1v) is 9.50. The quantitative estimate of drug-likeness (QED) is 0.468. The Kier molecular flexibility index (Phi) is 6.41. The van der Waals surface area contributed by atoms with Crippen LogP contribution in [0.3, 0.4) is 0 Å². The summed E-state index contributed by atoms with van der Waals surface area (Å²) in [6, 6.07) is 15.4. The van der Waals surface area contributed by atoms with Gasteiger partial charge < -0.3 is 14.6 Å². The summed E-state index contributed by atoms with van der Waals surface area (Å²) in [5, 5.41) is 6.44. The third-order valence-electron chi connectivity index (χ3n) is 4.43. The Balaban J connectivity index is 1.69. The van der Waals surface area contributed by atoms with Crippen LogP contribution in [0.2, 0.25) is 0 Å². The number of hydrogen-bond donors (Lipinski definition) is 1. The Bertz CT molecular complexity index is 1070. The van der Waals surface area contributed by atoms with Crippen molar-refractivity contribution in [1.82, 2.24) is 5.16 Å². The van der Waals surface area contributed by atoms with Crippen LogP contribution in [0.4, 0.5) is 5.69 Å². The molecule has 2 aromatic carbocycles. The number of rotatable bonds is 7. The van der Waals surface area contributed by atoms with E-state index >= 15 is 0 Å². The topological polar surface area (TPSA) is 98.5 Å². The highest BCUT2D eigenvalue weighted by molar-refractivity contribution is 6.14. The molecular weight excluding hydrogens is 384 g/mol. The minimum Gasteiger partial charge on any atom is -0.452 e. The Morgan fingerprint density at radius 1 is 1.03 bits per heavy atom. The van der Waals surface area contributed by atoms with Crippen molar-refractivity contribution in [3.05, 3.63) is 82.7 Å². The standard InChI is InChI=1S/C23H22N2O5/c1-14(2)22-20(15(3)25-30-22)23(28)29-13-19(26)24-18-12-8-7-11-17(18)21(27)16-9-5-4-6-10-16/h4-12,14H,13H2,1-3H3,(H,24,26). The third kappa shape index (κ3) is 4.63. The van der Waals surface area contributed by atoms with Crippen LogP contribution in [0.25, 0.3) is 0 Å². The van der Waals surface area contributed by atoms with Crippen molar-refractivity contribution in [2.75, 3.05) is 11.9 Å². The molecule has 0 bridgehead atoms. The molecule has 30 heavy (non-hydrogen) atoms. The number of para-hydroxylation sites is 1. The molecule has 0 radical (unpaired) electrons. The predicted molar refractivity (Wildman–Crippen MR) is 111 cm³/mol. The number of hydrogen-bond acceptors (Lipinski definition) is 6. The van der Waals surface area contributed by atoms with Crippen molar-refractivity contribution in [2.24, 2.45) is 0 Å². The molecule has 0 fully saturated rings. The lowest BCUT2D eigenvalue weighted by Crippen LogP contribution is -2.22. The maximum absolute atomic E-state index is 12.8. The first-order chi connectivity index (χ1) is 14.4. The highest BCUT2D eigenvalue weighted by atomic mass is 16.5. The summed E-state index contributed by atoms with van der Waals surface area (Å²) >= 11 is 0. The molecule has 0 saturated heterocycles. The van der Waals surface area contributed by atoms with E-state index in [1.54, 1.807) is 55.5 Å². The summed E-state index contributed by atoms with van der Waals surface area (Å²) in [7, 11) is 0. The summed E-state index contributed by atoms with van der Waals surface area (Å²) in [5.41, 5.74) is 1.84. The number of amides is 1. The third-order valence-corrected chi connectivity index (χ3v) is 4.43. The Morgan fingerprint density at radius 2 is 1.70 bits per heavy atom. The van der Waals surface area contributed by atoms with Gasteiger partial charge >= 0.3 is 5.97 Å². The van der Waals surface area contributed by atoms with Crippen molar-refractivity contribution < 1.29 is 23.6 Å². The highest BCUT2D eigenvalue weighted by Crippen LogP contribution is 2.23. The zero-order valence-electron chi connectivity index (χ0n) is 17.0. The Morgan fingerprint density at radius 3 is 2.40 bits per heavy atom. The summed E-state index contributed by atoms with van der Waals surface area (Å²) < 4.78 is 10.3. The first kappa shape index (κ1) is 21.0. The molecule has 0 aliphatic heterocycles. The van der Waals surface area contributed by atoms with Crippen LogP contribution in [-0.4, -0.2) is 29.4 Å². The van der Waals surface area contributed by atoms with E-state index in [1.807, 2.05) is 19.9 Å². The van der Waals surface area contributed by atoms with Gasteiger partial charge in [0.25, 0.3) is 5.91 Å². The number of ether oxygens (including phenoxy) is 1. The Hall–Kier alpha value is -3.74. The van der Waals surface area contributed by atoms with Gasteiger partial charge in [0.15, 0.2) is 18.2 Å². The number of nitrogens with zero attached hydrogens (tertiary/aromatic N) is 1. The number of nitrogens with one attached hydrogen (secondary N) is 1. The van der Waals surface area contributed by atoms with Gasteiger partial charge in [-0.1, -0.05) is 61.5 Å². The average Bonchev–Trinajstić information content (AvgIpc) is 3.14. The van der Waals surface area contributed by atoms with E-state index in [1.165, 1.54) is 0 Å². The fraction of sp³-hybridized carbons (Fsp3) is 0.217. The lowest BCUT2D eigenvalue weighted by atomic mass is 10.0. The van der Waals surface area contributed by atoms with Crippen LogP contribution >= 0.6 is 0 Å². The second kappa shape index (κ2) is 9.17. The molecule has 0 spiro atoms. The van der Waals surface area contributed by atoms with Crippen LogP contribution in [0.1, 0.15) is 57.5 Å². The first-order valence-electron chi connectivity index (χ1n) is 9.50. The lowest BCUT2D eigenvalue weighted by Gasteiger charge is -2.11. The van der Waals surface area contributed by atoms with Crippen molar-refractivity contribution >= 4 is 23.3 Å². The SMILES string of the molecule is Cc1noc(C(C)C)c1C(=O)OCC(=O)Nc1ccccc1C(=O)c1ccccc1. The van der Waals surface area contributed by atoms with Crippen LogP contribution in [0.15, 0.2) is 59.1 Å². The fourth-order valence-electron chi connectivity index (χ4n) is 2.95. The van der Waals surface area contributed by atoms with Gasteiger partial charge in [0, 0.05) is 17.0 Å². The maximum Gasteiger partial charge on any atom is 0.344 e. The smallest absolute Gasteiger partial charge is 0.344 e. The number of anilines is 1. The van der Waals surface area contributed by atoms with E-state index in [0.717, 1.165) is 0 Å². The zero-order chi connectivity index (χ0) is 21.7. The second-order valence-electron chi connectivity index (χ2n) is 7.03. The monoisotopic (exact) mass is 406 g/mol. The van der Waals surface area contributed by atoms with Crippen molar-refractivity contribution in [2.45, 2.75) is 26.7 Å². The van der Waals surface area contributed by atoms with Crippen molar-refractivity contribution in [3.63, 3.8) is 0 Å². The summed E-state index contributed by atoms with van der Waals surface area (Å²) in [5.74, 6) is -1.10. The van der Waals surface area contributed by atoms with Gasteiger partial charge in [0.1, 0.15) is 5.56 Å². The maximum atomic E-state index is 12.8. The van der Waals surface area contributed by atoms with Crippen LogP contribution < -0.4 is 5.32 Å². The zero-order valence-corrected chi connectivity index (χ0v) is 17.0. The molecule has 7 nitrogen and oxygen atoms in total. The van der Waals surface area contributed by atoms with Gasteiger partial charge in [-0.15, -0.1) is 0 Å². The molecule has 154 valence electrons. The van der Waals surface area contributed by atoms with Gasteiger partial charge in [-0.05, 0) is 19.1 Å². The molecule has 0 aliphatic rings. The van der Waals surface area contributed by atoms with Gasteiger partial charge in [-0.2, -0.15) is 0 Å². The minimum absolute atomic E-state index is 0.0570. The number of aromatic nitrogens is 1. The summed E-state index contributed by atoms with van der Waals surface area (Å²) in [6.45, 7) is 4.86. The Labute approximate surface area is 174 Å². The normalized spacial score (nSPS) is 10.7. The molecular formula is C23H22N2O5.